The second kappa shape index (κ2) is 4.97. The molecular weight excluding hydrogens is 277 g/mol. The number of ether oxygens (including phenoxy) is 1. The fraction of sp³-hybridized carbons (Fsp3) is 0.364. The standard InChI is InChI=1S/C11H11ClFN3OS/c12-16-9-5-17-4-8(9)15-11-14-7-2-1-6(13)3-10(7)18-11/h1-3,8-9,16H,4-5H2,(H,14,15). The third-order valence-corrected chi connectivity index (χ3v) is 4.11. The molecule has 1 aromatic carbocycles. The quantitative estimate of drug-likeness (QED) is 0.851. The number of anilines is 1. The molecule has 0 bridgehead atoms. The largest absolute Gasteiger partial charge is 0.378 e. The molecule has 0 radical (unpaired) electrons. The second-order valence-corrected chi connectivity index (χ2v) is 5.38. The molecule has 1 aromatic heterocycles. The fourth-order valence-electron chi connectivity index (χ4n) is 1.92. The van der Waals surface area contributed by atoms with Crippen molar-refractivity contribution >= 4 is 38.5 Å². The van der Waals surface area contributed by atoms with Crippen molar-refractivity contribution in [3.63, 3.8) is 0 Å². The lowest BCUT2D eigenvalue weighted by Crippen LogP contribution is -2.38. The van der Waals surface area contributed by atoms with E-state index >= 15 is 0 Å². The number of fused-ring (bicyclic) bond motifs is 1. The summed E-state index contributed by atoms with van der Waals surface area (Å²) in [7, 11) is 0. The van der Waals surface area contributed by atoms with E-state index in [0.717, 1.165) is 15.3 Å². The van der Waals surface area contributed by atoms with Gasteiger partial charge in [0.05, 0.1) is 35.5 Å². The number of benzene rings is 1. The summed E-state index contributed by atoms with van der Waals surface area (Å²) in [5.74, 6) is -0.248. The van der Waals surface area contributed by atoms with Gasteiger partial charge in [-0.05, 0) is 30.0 Å². The Bertz CT molecular complexity index is 564. The Kier molecular flexibility index (Phi) is 3.34. The second-order valence-electron chi connectivity index (χ2n) is 4.13. The first-order valence-electron chi connectivity index (χ1n) is 5.53. The molecular formula is C11H11ClFN3OS. The highest BCUT2D eigenvalue weighted by molar-refractivity contribution is 7.22. The molecule has 0 aliphatic carbocycles. The molecule has 0 amide bonds. The van der Waals surface area contributed by atoms with Crippen LogP contribution in [-0.4, -0.2) is 30.3 Å². The molecule has 1 fully saturated rings. The molecule has 1 aliphatic rings. The summed E-state index contributed by atoms with van der Waals surface area (Å²) in [4.78, 5) is 7.08. The van der Waals surface area contributed by atoms with Crippen LogP contribution in [0.25, 0.3) is 10.2 Å². The maximum atomic E-state index is 13.1. The van der Waals surface area contributed by atoms with E-state index in [1.54, 1.807) is 6.07 Å². The molecule has 7 heteroatoms. The summed E-state index contributed by atoms with van der Waals surface area (Å²) in [6, 6.07) is 4.70. The predicted octanol–water partition coefficient (Wildman–Crippen LogP) is 2.36. The van der Waals surface area contributed by atoms with Crippen LogP contribution in [0, 0.1) is 5.82 Å². The molecule has 3 rings (SSSR count). The van der Waals surface area contributed by atoms with Crippen LogP contribution in [0.4, 0.5) is 9.52 Å². The SMILES string of the molecule is Fc1ccc2nc(NC3COCC3NCl)sc2c1. The zero-order valence-corrected chi connectivity index (χ0v) is 10.9. The highest BCUT2D eigenvalue weighted by Gasteiger charge is 2.28. The molecule has 2 N–H and O–H groups in total. The third kappa shape index (κ3) is 2.29. The van der Waals surface area contributed by atoms with E-state index in [1.165, 1.54) is 23.5 Å². The number of rotatable bonds is 3. The zero-order valence-electron chi connectivity index (χ0n) is 9.32. The van der Waals surface area contributed by atoms with E-state index in [0.29, 0.717) is 13.2 Å². The van der Waals surface area contributed by atoms with Crippen LogP contribution < -0.4 is 10.2 Å². The van der Waals surface area contributed by atoms with Crippen molar-refractivity contribution in [3.8, 4) is 0 Å². The summed E-state index contributed by atoms with van der Waals surface area (Å²) in [6.07, 6.45) is 0. The lowest BCUT2D eigenvalue weighted by atomic mass is 10.2. The molecule has 2 unspecified atom stereocenters. The Balaban J connectivity index is 1.82. The Labute approximate surface area is 112 Å². The highest BCUT2D eigenvalue weighted by Crippen LogP contribution is 2.27. The topological polar surface area (TPSA) is 46.2 Å². The van der Waals surface area contributed by atoms with Gasteiger partial charge >= 0.3 is 0 Å². The van der Waals surface area contributed by atoms with Gasteiger partial charge < -0.3 is 10.1 Å². The lowest BCUT2D eigenvalue weighted by Gasteiger charge is -2.15. The van der Waals surface area contributed by atoms with Crippen molar-refractivity contribution in [1.29, 1.82) is 0 Å². The lowest BCUT2D eigenvalue weighted by molar-refractivity contribution is 0.191. The van der Waals surface area contributed by atoms with Gasteiger partial charge in [-0.2, -0.15) is 0 Å². The van der Waals surface area contributed by atoms with Crippen LogP contribution in [0.1, 0.15) is 0 Å². The smallest absolute Gasteiger partial charge is 0.184 e. The minimum atomic E-state index is -0.248. The number of hydrogen-bond acceptors (Lipinski definition) is 5. The molecule has 1 aliphatic heterocycles. The molecule has 2 heterocycles. The Morgan fingerprint density at radius 1 is 1.39 bits per heavy atom. The van der Waals surface area contributed by atoms with Crippen LogP contribution in [0.3, 0.4) is 0 Å². The first kappa shape index (κ1) is 12.1. The van der Waals surface area contributed by atoms with Gasteiger partial charge in [-0.15, -0.1) is 0 Å². The summed E-state index contributed by atoms with van der Waals surface area (Å²) in [5.41, 5.74) is 0.790. The maximum Gasteiger partial charge on any atom is 0.184 e. The third-order valence-electron chi connectivity index (χ3n) is 2.88. The average Bonchev–Trinajstić information content (AvgIpc) is 2.94. The van der Waals surface area contributed by atoms with Crippen molar-refractivity contribution < 1.29 is 9.13 Å². The first-order valence-corrected chi connectivity index (χ1v) is 6.72. The monoisotopic (exact) mass is 287 g/mol. The fourth-order valence-corrected chi connectivity index (χ4v) is 3.09. The summed E-state index contributed by atoms with van der Waals surface area (Å²) < 4.78 is 19.2. The van der Waals surface area contributed by atoms with Crippen molar-refractivity contribution in [2.45, 2.75) is 12.1 Å². The summed E-state index contributed by atoms with van der Waals surface area (Å²) in [5, 5.41) is 4.02. The van der Waals surface area contributed by atoms with E-state index in [2.05, 4.69) is 15.1 Å². The number of halogens is 2. The normalized spacial score (nSPS) is 23.7. The minimum Gasteiger partial charge on any atom is -0.378 e. The van der Waals surface area contributed by atoms with Crippen molar-refractivity contribution in [2.75, 3.05) is 18.5 Å². The molecule has 96 valence electrons. The Morgan fingerprint density at radius 3 is 3.06 bits per heavy atom. The van der Waals surface area contributed by atoms with Crippen molar-refractivity contribution in [2.24, 2.45) is 0 Å². The highest BCUT2D eigenvalue weighted by atomic mass is 35.5. The molecule has 0 saturated carbocycles. The average molecular weight is 288 g/mol. The maximum absolute atomic E-state index is 13.1. The molecule has 4 nitrogen and oxygen atoms in total. The van der Waals surface area contributed by atoms with E-state index in [4.69, 9.17) is 16.5 Å². The van der Waals surface area contributed by atoms with Gasteiger partial charge in [0.2, 0.25) is 0 Å². The first-order chi connectivity index (χ1) is 8.76. The van der Waals surface area contributed by atoms with Crippen LogP contribution in [-0.2, 0) is 4.74 Å². The molecule has 18 heavy (non-hydrogen) atoms. The molecule has 0 spiro atoms. The van der Waals surface area contributed by atoms with Gasteiger partial charge in [0, 0.05) is 0 Å². The summed E-state index contributed by atoms with van der Waals surface area (Å²) in [6.45, 7) is 1.15. The van der Waals surface area contributed by atoms with Gasteiger partial charge in [0.15, 0.2) is 5.13 Å². The number of nitrogens with zero attached hydrogens (tertiary/aromatic N) is 1. The molecule has 1 saturated heterocycles. The zero-order chi connectivity index (χ0) is 12.5. The molecule has 2 atom stereocenters. The van der Waals surface area contributed by atoms with Crippen LogP contribution in [0.15, 0.2) is 18.2 Å². The molecule has 2 aromatic rings. The Morgan fingerprint density at radius 2 is 2.22 bits per heavy atom. The van der Waals surface area contributed by atoms with Crippen LogP contribution >= 0.6 is 23.1 Å². The van der Waals surface area contributed by atoms with Crippen molar-refractivity contribution in [1.82, 2.24) is 9.82 Å². The number of hydrogen-bond donors (Lipinski definition) is 2. The van der Waals surface area contributed by atoms with E-state index in [1.807, 2.05) is 0 Å². The van der Waals surface area contributed by atoms with Crippen LogP contribution in [0.2, 0.25) is 0 Å². The van der Waals surface area contributed by atoms with E-state index < -0.39 is 0 Å². The van der Waals surface area contributed by atoms with E-state index in [-0.39, 0.29) is 17.9 Å². The summed E-state index contributed by atoms with van der Waals surface area (Å²) >= 11 is 7.05. The van der Waals surface area contributed by atoms with Gasteiger partial charge in [0.1, 0.15) is 5.82 Å². The number of thiazole rings is 1. The van der Waals surface area contributed by atoms with Gasteiger partial charge in [-0.1, -0.05) is 11.3 Å². The predicted molar refractivity (Wildman–Crippen MR) is 70.6 cm³/mol. The van der Waals surface area contributed by atoms with Crippen LogP contribution in [0.5, 0.6) is 0 Å². The minimum absolute atomic E-state index is 0.0513. The van der Waals surface area contributed by atoms with Gasteiger partial charge in [-0.25, -0.2) is 14.2 Å². The number of aromatic nitrogens is 1. The van der Waals surface area contributed by atoms with Gasteiger partial charge in [-0.3, -0.25) is 0 Å². The van der Waals surface area contributed by atoms with E-state index in [9.17, 15) is 4.39 Å². The van der Waals surface area contributed by atoms with Crippen molar-refractivity contribution in [3.05, 3.63) is 24.0 Å². The Hall–Kier alpha value is -0.950. The number of nitrogens with one attached hydrogen (secondary N) is 2. The van der Waals surface area contributed by atoms with Gasteiger partial charge in [0.25, 0.3) is 0 Å².